The lowest BCUT2D eigenvalue weighted by atomic mass is 10.0. The normalized spacial score (nSPS) is 10.4. The Hall–Kier alpha value is -3.92. The highest BCUT2D eigenvalue weighted by Crippen LogP contribution is 2.33. The molecular weight excluding hydrogens is 344 g/mol. The third-order valence-corrected chi connectivity index (χ3v) is 4.54. The van der Waals surface area contributed by atoms with Crippen molar-refractivity contribution in [1.82, 2.24) is 0 Å². The fraction of sp³-hybridized carbons (Fsp3) is 0. The van der Waals surface area contributed by atoms with Gasteiger partial charge >= 0.3 is 0 Å². The maximum absolute atomic E-state index is 6.30. The SMILES string of the molecule is Nc1cc(-c2ccc(N)c(Nc3ccccc3)c2)ccc1Nc1ccccc1. The van der Waals surface area contributed by atoms with Crippen LogP contribution < -0.4 is 22.1 Å². The molecule has 0 unspecified atom stereocenters. The Morgan fingerprint density at radius 3 is 1.61 bits per heavy atom. The zero-order chi connectivity index (χ0) is 19.3. The second-order valence-electron chi connectivity index (χ2n) is 6.59. The molecule has 0 aromatic heterocycles. The van der Waals surface area contributed by atoms with Crippen LogP contribution >= 0.6 is 0 Å². The van der Waals surface area contributed by atoms with E-state index in [0.717, 1.165) is 33.9 Å². The smallest absolute Gasteiger partial charge is 0.0624 e. The summed E-state index contributed by atoms with van der Waals surface area (Å²) >= 11 is 0. The quantitative estimate of drug-likeness (QED) is 0.327. The van der Waals surface area contributed by atoms with Gasteiger partial charge in [0.1, 0.15) is 0 Å². The summed E-state index contributed by atoms with van der Waals surface area (Å²) in [7, 11) is 0. The van der Waals surface area contributed by atoms with Gasteiger partial charge in [0.05, 0.1) is 22.7 Å². The van der Waals surface area contributed by atoms with E-state index in [0.29, 0.717) is 11.4 Å². The lowest BCUT2D eigenvalue weighted by Crippen LogP contribution is -1.98. The number of hydrogen-bond acceptors (Lipinski definition) is 4. The molecule has 4 nitrogen and oxygen atoms in total. The molecule has 0 heterocycles. The fourth-order valence-corrected chi connectivity index (χ4v) is 3.05. The highest BCUT2D eigenvalue weighted by atomic mass is 14.9. The van der Waals surface area contributed by atoms with Crippen LogP contribution in [0.5, 0.6) is 0 Å². The molecule has 4 heteroatoms. The molecule has 0 radical (unpaired) electrons. The van der Waals surface area contributed by atoms with Crippen LogP contribution in [0.3, 0.4) is 0 Å². The molecule has 138 valence electrons. The predicted octanol–water partition coefficient (Wildman–Crippen LogP) is 6.01. The van der Waals surface area contributed by atoms with E-state index in [9.17, 15) is 0 Å². The van der Waals surface area contributed by atoms with Gasteiger partial charge < -0.3 is 22.1 Å². The Kier molecular flexibility index (Phi) is 4.85. The Bertz CT molecular complexity index is 1080. The molecule has 4 aromatic carbocycles. The van der Waals surface area contributed by atoms with Crippen LogP contribution in [-0.4, -0.2) is 0 Å². The second-order valence-corrected chi connectivity index (χ2v) is 6.59. The molecule has 4 aromatic rings. The topological polar surface area (TPSA) is 76.1 Å². The molecule has 0 spiro atoms. The summed E-state index contributed by atoms with van der Waals surface area (Å²) in [6.07, 6.45) is 0. The number of hydrogen-bond donors (Lipinski definition) is 4. The molecule has 0 aliphatic carbocycles. The average Bonchev–Trinajstić information content (AvgIpc) is 2.73. The lowest BCUT2D eigenvalue weighted by molar-refractivity contribution is 1.52. The summed E-state index contributed by atoms with van der Waals surface area (Å²) in [6, 6.07) is 31.9. The van der Waals surface area contributed by atoms with E-state index in [4.69, 9.17) is 11.5 Å². The summed E-state index contributed by atoms with van der Waals surface area (Å²) in [4.78, 5) is 0. The molecule has 6 N–H and O–H groups in total. The summed E-state index contributed by atoms with van der Waals surface area (Å²) < 4.78 is 0. The zero-order valence-corrected chi connectivity index (χ0v) is 15.4. The van der Waals surface area contributed by atoms with Crippen molar-refractivity contribution < 1.29 is 0 Å². The molecule has 0 aliphatic heterocycles. The van der Waals surface area contributed by atoms with Crippen LogP contribution in [0.1, 0.15) is 0 Å². The number of nitrogen functional groups attached to an aromatic ring is 2. The molecule has 0 fully saturated rings. The summed E-state index contributed by atoms with van der Waals surface area (Å²) in [5.74, 6) is 0. The number of nitrogens with two attached hydrogens (primary N) is 2. The molecule has 0 saturated heterocycles. The van der Waals surface area contributed by atoms with Crippen molar-refractivity contribution in [2.24, 2.45) is 0 Å². The molecule has 0 bridgehead atoms. The minimum atomic E-state index is 0.691. The summed E-state index contributed by atoms with van der Waals surface area (Å²) in [5.41, 5.74) is 19.7. The summed E-state index contributed by atoms with van der Waals surface area (Å²) in [6.45, 7) is 0. The monoisotopic (exact) mass is 366 g/mol. The molecule has 0 atom stereocenters. The number of rotatable bonds is 5. The van der Waals surface area contributed by atoms with Gasteiger partial charge in [-0.2, -0.15) is 0 Å². The predicted molar refractivity (Wildman–Crippen MR) is 120 cm³/mol. The third-order valence-electron chi connectivity index (χ3n) is 4.54. The van der Waals surface area contributed by atoms with Gasteiger partial charge in [-0.15, -0.1) is 0 Å². The van der Waals surface area contributed by atoms with E-state index >= 15 is 0 Å². The molecule has 4 rings (SSSR count). The molecule has 0 saturated carbocycles. The van der Waals surface area contributed by atoms with Gasteiger partial charge in [0.2, 0.25) is 0 Å². The first-order valence-electron chi connectivity index (χ1n) is 9.12. The van der Waals surface area contributed by atoms with E-state index in [2.05, 4.69) is 16.7 Å². The minimum Gasteiger partial charge on any atom is -0.397 e. The Labute approximate surface area is 164 Å². The lowest BCUT2D eigenvalue weighted by Gasteiger charge is -2.14. The molecular formula is C24H22N4. The van der Waals surface area contributed by atoms with Crippen LogP contribution in [0.4, 0.5) is 34.1 Å². The number of nitrogens with one attached hydrogen (secondary N) is 2. The first-order chi connectivity index (χ1) is 13.7. The van der Waals surface area contributed by atoms with Crippen LogP contribution in [0, 0.1) is 0 Å². The van der Waals surface area contributed by atoms with Gasteiger partial charge in [0, 0.05) is 11.4 Å². The first-order valence-corrected chi connectivity index (χ1v) is 9.12. The van der Waals surface area contributed by atoms with Crippen molar-refractivity contribution in [3.05, 3.63) is 97.1 Å². The van der Waals surface area contributed by atoms with Crippen molar-refractivity contribution >= 4 is 34.1 Å². The van der Waals surface area contributed by atoms with Gasteiger partial charge in [-0.05, 0) is 59.7 Å². The molecule has 28 heavy (non-hydrogen) atoms. The fourth-order valence-electron chi connectivity index (χ4n) is 3.05. The van der Waals surface area contributed by atoms with Gasteiger partial charge in [-0.3, -0.25) is 0 Å². The van der Waals surface area contributed by atoms with E-state index in [1.165, 1.54) is 0 Å². The van der Waals surface area contributed by atoms with Gasteiger partial charge in [-0.25, -0.2) is 0 Å². The van der Waals surface area contributed by atoms with E-state index in [1.807, 2.05) is 91.0 Å². The van der Waals surface area contributed by atoms with Crippen LogP contribution in [0.25, 0.3) is 11.1 Å². The van der Waals surface area contributed by atoms with Crippen LogP contribution in [0.2, 0.25) is 0 Å². The number of benzene rings is 4. The maximum atomic E-state index is 6.30. The first kappa shape index (κ1) is 17.5. The van der Waals surface area contributed by atoms with E-state index in [-0.39, 0.29) is 0 Å². The highest BCUT2D eigenvalue weighted by molar-refractivity contribution is 5.83. The second kappa shape index (κ2) is 7.76. The van der Waals surface area contributed by atoms with Crippen molar-refractivity contribution in [3.63, 3.8) is 0 Å². The van der Waals surface area contributed by atoms with Gasteiger partial charge in [0.15, 0.2) is 0 Å². The van der Waals surface area contributed by atoms with Gasteiger partial charge in [0.25, 0.3) is 0 Å². The molecule has 0 aliphatic rings. The van der Waals surface area contributed by atoms with E-state index in [1.54, 1.807) is 0 Å². The summed E-state index contributed by atoms with van der Waals surface area (Å²) in [5, 5.41) is 6.72. The standard InChI is InChI=1S/C24H22N4/c25-21-13-11-18(16-24(21)28-20-9-5-2-6-10-20)17-12-14-23(22(26)15-17)27-19-7-3-1-4-8-19/h1-16,27-28H,25-26H2. The van der Waals surface area contributed by atoms with E-state index < -0.39 is 0 Å². The van der Waals surface area contributed by atoms with Crippen molar-refractivity contribution in [2.45, 2.75) is 0 Å². The van der Waals surface area contributed by atoms with Crippen molar-refractivity contribution in [3.8, 4) is 11.1 Å². The van der Waals surface area contributed by atoms with Gasteiger partial charge in [-0.1, -0.05) is 48.5 Å². The number of para-hydroxylation sites is 2. The van der Waals surface area contributed by atoms with Crippen LogP contribution in [-0.2, 0) is 0 Å². The highest BCUT2D eigenvalue weighted by Gasteiger charge is 2.07. The molecule has 0 amide bonds. The van der Waals surface area contributed by atoms with Crippen molar-refractivity contribution in [2.75, 3.05) is 22.1 Å². The third kappa shape index (κ3) is 3.91. The zero-order valence-electron chi connectivity index (χ0n) is 15.4. The van der Waals surface area contributed by atoms with Crippen LogP contribution in [0.15, 0.2) is 97.1 Å². The minimum absolute atomic E-state index is 0.691. The number of anilines is 6. The Balaban J connectivity index is 1.60. The average molecular weight is 366 g/mol. The Morgan fingerprint density at radius 1 is 0.464 bits per heavy atom. The maximum Gasteiger partial charge on any atom is 0.0624 e. The largest absolute Gasteiger partial charge is 0.397 e. The van der Waals surface area contributed by atoms with Crippen molar-refractivity contribution in [1.29, 1.82) is 0 Å². The Morgan fingerprint density at radius 2 is 1.00 bits per heavy atom.